The van der Waals surface area contributed by atoms with Gasteiger partial charge in [-0.1, -0.05) is 24.3 Å². The first-order valence-electron chi connectivity index (χ1n) is 5.53. The highest BCUT2D eigenvalue weighted by Gasteiger charge is 2.28. The molecule has 0 aliphatic heterocycles. The molecule has 1 N–H and O–H groups in total. The quantitative estimate of drug-likeness (QED) is 0.820. The molecule has 0 saturated heterocycles. The monoisotopic (exact) mass is 238 g/mol. The zero-order valence-electron chi connectivity index (χ0n) is 9.49. The first-order valence-corrected chi connectivity index (χ1v) is 5.53. The number of benzene rings is 1. The summed E-state index contributed by atoms with van der Waals surface area (Å²) in [4.78, 5) is 0. The van der Waals surface area contributed by atoms with Gasteiger partial charge in [0.1, 0.15) is 5.76 Å². The summed E-state index contributed by atoms with van der Waals surface area (Å²) in [5.74, 6) is 0.136. The first kappa shape index (κ1) is 12.1. The minimum Gasteiger partial charge on any atom is -0.505 e. The van der Waals surface area contributed by atoms with E-state index in [4.69, 9.17) is 0 Å². The molecule has 1 aromatic carbocycles. The third kappa shape index (κ3) is 2.49. The van der Waals surface area contributed by atoms with Crippen LogP contribution in [0.5, 0.6) is 0 Å². The Balaban J connectivity index is 2.48. The fourth-order valence-electron chi connectivity index (χ4n) is 2.14. The molecular formula is C12H13BF2O2. The lowest BCUT2D eigenvalue weighted by molar-refractivity contribution is 0.223. The number of halogens is 2. The van der Waals surface area contributed by atoms with Gasteiger partial charge in [-0.3, -0.25) is 0 Å². The molecule has 0 radical (unpaired) electrons. The average molecular weight is 238 g/mol. The van der Waals surface area contributed by atoms with Crippen LogP contribution in [-0.4, -0.2) is 18.7 Å². The molecular weight excluding hydrogens is 225 g/mol. The molecule has 0 spiro atoms. The van der Waals surface area contributed by atoms with Crippen LogP contribution in [0.25, 0.3) is 5.76 Å². The minimum absolute atomic E-state index is 0.136. The van der Waals surface area contributed by atoms with E-state index in [-0.39, 0.29) is 5.76 Å². The molecule has 5 heteroatoms. The van der Waals surface area contributed by atoms with E-state index in [1.165, 1.54) is 0 Å². The highest BCUT2D eigenvalue weighted by molar-refractivity contribution is 6.36. The van der Waals surface area contributed by atoms with Gasteiger partial charge in [0.15, 0.2) is 0 Å². The largest absolute Gasteiger partial charge is 0.796 e. The molecule has 1 aliphatic rings. The van der Waals surface area contributed by atoms with Gasteiger partial charge in [0.05, 0.1) is 6.10 Å². The SMILES string of the molecule is CC(O)C1=C(OB(F)F)c2ccccc2CC1. The molecule has 0 fully saturated rings. The predicted molar refractivity (Wildman–Crippen MR) is 62.4 cm³/mol. The summed E-state index contributed by atoms with van der Waals surface area (Å²) in [5.41, 5.74) is 2.19. The van der Waals surface area contributed by atoms with E-state index in [2.05, 4.69) is 4.65 Å². The van der Waals surface area contributed by atoms with Crippen LogP contribution in [0.15, 0.2) is 29.8 Å². The Hall–Kier alpha value is -1.36. The van der Waals surface area contributed by atoms with Gasteiger partial charge < -0.3 is 9.76 Å². The molecule has 0 saturated carbocycles. The van der Waals surface area contributed by atoms with Crippen LogP contribution in [-0.2, 0) is 11.1 Å². The second-order valence-corrected chi connectivity index (χ2v) is 4.07. The van der Waals surface area contributed by atoms with E-state index >= 15 is 0 Å². The van der Waals surface area contributed by atoms with Gasteiger partial charge in [0.2, 0.25) is 0 Å². The standard InChI is InChI=1S/C12H13BF2O2/c1-8(16)10-7-6-9-4-2-3-5-11(9)12(10)17-13(14)15/h2-5,8,16H,6-7H2,1H3. The van der Waals surface area contributed by atoms with E-state index in [0.29, 0.717) is 17.6 Å². The Morgan fingerprint density at radius 3 is 2.65 bits per heavy atom. The highest BCUT2D eigenvalue weighted by atomic mass is 19.2. The van der Waals surface area contributed by atoms with Crippen molar-refractivity contribution >= 4 is 13.2 Å². The maximum atomic E-state index is 12.4. The summed E-state index contributed by atoms with van der Waals surface area (Å²) in [6.45, 7) is 1.57. The molecule has 90 valence electrons. The lowest BCUT2D eigenvalue weighted by Crippen LogP contribution is -2.18. The van der Waals surface area contributed by atoms with Crippen LogP contribution in [0.2, 0.25) is 0 Å². The molecule has 0 bridgehead atoms. The number of fused-ring (bicyclic) bond motifs is 1. The molecule has 0 amide bonds. The van der Waals surface area contributed by atoms with Gasteiger partial charge >= 0.3 is 7.47 Å². The van der Waals surface area contributed by atoms with Gasteiger partial charge in [-0.15, -0.1) is 0 Å². The predicted octanol–water partition coefficient (Wildman–Crippen LogP) is 2.67. The Bertz CT molecular complexity index is 444. The highest BCUT2D eigenvalue weighted by Crippen LogP contribution is 2.34. The second-order valence-electron chi connectivity index (χ2n) is 4.07. The van der Waals surface area contributed by atoms with Crippen LogP contribution in [0.4, 0.5) is 8.63 Å². The zero-order chi connectivity index (χ0) is 12.4. The number of aliphatic hydroxyl groups is 1. The maximum Gasteiger partial charge on any atom is 0.796 e. The van der Waals surface area contributed by atoms with Gasteiger partial charge in [-0.05, 0) is 30.9 Å². The Labute approximate surface area is 99.1 Å². The third-order valence-corrected chi connectivity index (χ3v) is 2.93. The molecule has 1 unspecified atom stereocenters. The van der Waals surface area contributed by atoms with E-state index in [1.54, 1.807) is 19.1 Å². The molecule has 1 atom stereocenters. The molecule has 1 aliphatic carbocycles. The third-order valence-electron chi connectivity index (χ3n) is 2.93. The maximum absolute atomic E-state index is 12.4. The van der Waals surface area contributed by atoms with Crippen molar-refractivity contribution in [1.29, 1.82) is 0 Å². The number of aliphatic hydroxyl groups excluding tert-OH is 1. The van der Waals surface area contributed by atoms with E-state index in [1.807, 2.05) is 12.1 Å². The van der Waals surface area contributed by atoms with Gasteiger partial charge in [-0.2, -0.15) is 0 Å². The number of rotatable bonds is 3. The summed E-state index contributed by atoms with van der Waals surface area (Å²) in [7, 11) is -2.87. The molecule has 17 heavy (non-hydrogen) atoms. The summed E-state index contributed by atoms with van der Waals surface area (Å²) < 4.78 is 29.4. The summed E-state index contributed by atoms with van der Waals surface area (Å²) >= 11 is 0. The Morgan fingerprint density at radius 1 is 1.29 bits per heavy atom. The molecule has 1 aromatic rings. The first-order chi connectivity index (χ1) is 8.09. The van der Waals surface area contributed by atoms with Crippen LogP contribution < -0.4 is 0 Å². The van der Waals surface area contributed by atoms with Gasteiger partial charge in [0.25, 0.3) is 0 Å². The Morgan fingerprint density at radius 2 is 2.00 bits per heavy atom. The average Bonchev–Trinajstić information content (AvgIpc) is 2.28. The van der Waals surface area contributed by atoms with E-state index in [9.17, 15) is 13.7 Å². The number of hydrogen-bond acceptors (Lipinski definition) is 2. The lowest BCUT2D eigenvalue weighted by atomic mass is 9.88. The van der Waals surface area contributed by atoms with Crippen molar-refractivity contribution in [3.05, 3.63) is 41.0 Å². The number of hydrogen-bond donors (Lipinski definition) is 1. The Kier molecular flexibility index (Phi) is 3.47. The smallest absolute Gasteiger partial charge is 0.505 e. The van der Waals surface area contributed by atoms with Gasteiger partial charge in [0, 0.05) is 5.56 Å². The van der Waals surface area contributed by atoms with Crippen molar-refractivity contribution in [3.8, 4) is 0 Å². The lowest BCUT2D eigenvalue weighted by Gasteiger charge is -2.24. The van der Waals surface area contributed by atoms with Crippen molar-refractivity contribution in [3.63, 3.8) is 0 Å². The normalized spacial score (nSPS) is 16.5. The number of aryl methyl sites for hydroxylation is 1. The van der Waals surface area contributed by atoms with Crippen molar-refractivity contribution in [2.45, 2.75) is 25.9 Å². The van der Waals surface area contributed by atoms with Crippen LogP contribution >= 0.6 is 0 Å². The molecule has 2 rings (SSSR count). The fourth-order valence-corrected chi connectivity index (χ4v) is 2.14. The fraction of sp³-hybridized carbons (Fsp3) is 0.333. The molecule has 0 heterocycles. The topological polar surface area (TPSA) is 29.5 Å². The van der Waals surface area contributed by atoms with Crippen molar-refractivity contribution in [2.24, 2.45) is 0 Å². The zero-order valence-corrected chi connectivity index (χ0v) is 9.49. The molecule has 2 nitrogen and oxygen atoms in total. The summed E-state index contributed by atoms with van der Waals surface area (Å²) in [5, 5.41) is 9.60. The van der Waals surface area contributed by atoms with Crippen LogP contribution in [0.3, 0.4) is 0 Å². The van der Waals surface area contributed by atoms with Crippen molar-refractivity contribution in [2.75, 3.05) is 0 Å². The van der Waals surface area contributed by atoms with Gasteiger partial charge in [-0.25, -0.2) is 8.63 Å². The minimum atomic E-state index is -2.87. The van der Waals surface area contributed by atoms with Crippen molar-refractivity contribution in [1.82, 2.24) is 0 Å². The summed E-state index contributed by atoms with van der Waals surface area (Å²) in [6, 6.07) is 7.28. The van der Waals surface area contributed by atoms with E-state index < -0.39 is 13.6 Å². The van der Waals surface area contributed by atoms with Crippen LogP contribution in [0.1, 0.15) is 24.5 Å². The van der Waals surface area contributed by atoms with Crippen LogP contribution in [0, 0.1) is 0 Å². The second kappa shape index (κ2) is 4.88. The van der Waals surface area contributed by atoms with E-state index in [0.717, 1.165) is 12.0 Å². The van der Waals surface area contributed by atoms with Crippen molar-refractivity contribution < 1.29 is 18.4 Å². The summed E-state index contributed by atoms with van der Waals surface area (Å²) in [6.07, 6.45) is 0.528. The molecule has 0 aromatic heterocycles.